The number of H-pyrrole nitrogens is 1. The summed E-state index contributed by atoms with van der Waals surface area (Å²) in [5.74, 6) is 3.08. The molecule has 1 saturated heterocycles. The van der Waals surface area contributed by atoms with Gasteiger partial charge >= 0.3 is 0 Å². The predicted octanol–water partition coefficient (Wildman–Crippen LogP) is 2.34. The van der Waals surface area contributed by atoms with Crippen LogP contribution in [0.4, 0.5) is 5.82 Å². The standard InChI is InChI=1S/C14H23N3O/c1-10(2)12-5-4-7-17(8-6-12)13-9-14(18)16-11(3)15-13/h9-10,12H,4-8H2,1-3H3,(H,15,16,18). The lowest BCUT2D eigenvalue weighted by atomic mass is 9.89. The summed E-state index contributed by atoms with van der Waals surface area (Å²) in [5.41, 5.74) is -0.0536. The Bertz CT molecular complexity index is 453. The van der Waals surface area contributed by atoms with Crippen LogP contribution in [0.2, 0.25) is 0 Å². The molecule has 0 bridgehead atoms. The SMILES string of the molecule is Cc1nc(N2CCCC(C(C)C)CC2)cc(=O)[nH]1. The van der Waals surface area contributed by atoms with Crippen molar-refractivity contribution < 1.29 is 0 Å². The molecule has 2 heterocycles. The topological polar surface area (TPSA) is 49.0 Å². The number of rotatable bonds is 2. The second-order valence-corrected chi connectivity index (χ2v) is 5.61. The van der Waals surface area contributed by atoms with E-state index in [-0.39, 0.29) is 5.56 Å². The molecule has 1 aromatic rings. The maximum Gasteiger partial charge on any atom is 0.252 e. The number of anilines is 1. The van der Waals surface area contributed by atoms with Crippen molar-refractivity contribution in [1.82, 2.24) is 9.97 Å². The Morgan fingerprint density at radius 1 is 1.39 bits per heavy atom. The molecule has 0 saturated carbocycles. The first-order valence-corrected chi connectivity index (χ1v) is 6.89. The van der Waals surface area contributed by atoms with Crippen LogP contribution in [0.25, 0.3) is 0 Å². The van der Waals surface area contributed by atoms with Crippen LogP contribution in [0.3, 0.4) is 0 Å². The largest absolute Gasteiger partial charge is 0.356 e. The number of nitrogens with one attached hydrogen (secondary N) is 1. The Morgan fingerprint density at radius 3 is 2.83 bits per heavy atom. The number of hydrogen-bond donors (Lipinski definition) is 1. The fourth-order valence-electron chi connectivity index (χ4n) is 2.74. The minimum absolute atomic E-state index is 0.0536. The van der Waals surface area contributed by atoms with Gasteiger partial charge in [-0.15, -0.1) is 0 Å². The highest BCUT2D eigenvalue weighted by molar-refractivity contribution is 5.37. The van der Waals surface area contributed by atoms with Crippen LogP contribution in [-0.4, -0.2) is 23.1 Å². The van der Waals surface area contributed by atoms with Gasteiger partial charge in [0.2, 0.25) is 0 Å². The number of nitrogens with zero attached hydrogens (tertiary/aromatic N) is 2. The van der Waals surface area contributed by atoms with Crippen molar-refractivity contribution in [3.8, 4) is 0 Å². The van der Waals surface area contributed by atoms with Crippen molar-refractivity contribution in [3.63, 3.8) is 0 Å². The summed E-state index contributed by atoms with van der Waals surface area (Å²) in [7, 11) is 0. The zero-order chi connectivity index (χ0) is 13.1. The van der Waals surface area contributed by atoms with Crippen LogP contribution < -0.4 is 10.5 Å². The van der Waals surface area contributed by atoms with Crippen molar-refractivity contribution in [2.45, 2.75) is 40.0 Å². The highest BCUT2D eigenvalue weighted by Crippen LogP contribution is 2.26. The van der Waals surface area contributed by atoms with Crippen molar-refractivity contribution in [2.24, 2.45) is 11.8 Å². The van der Waals surface area contributed by atoms with Crippen LogP contribution in [0.5, 0.6) is 0 Å². The van der Waals surface area contributed by atoms with E-state index >= 15 is 0 Å². The van der Waals surface area contributed by atoms with Gasteiger partial charge < -0.3 is 9.88 Å². The molecule has 2 rings (SSSR count). The van der Waals surface area contributed by atoms with E-state index in [0.29, 0.717) is 5.82 Å². The van der Waals surface area contributed by atoms with Gasteiger partial charge in [-0.2, -0.15) is 0 Å². The van der Waals surface area contributed by atoms with Crippen molar-refractivity contribution in [3.05, 3.63) is 22.2 Å². The first-order valence-electron chi connectivity index (χ1n) is 6.89. The molecule has 1 fully saturated rings. The van der Waals surface area contributed by atoms with E-state index in [1.165, 1.54) is 19.3 Å². The molecule has 0 amide bonds. The number of aromatic amines is 1. The fraction of sp³-hybridized carbons (Fsp3) is 0.714. The maximum atomic E-state index is 11.5. The Hall–Kier alpha value is -1.32. The predicted molar refractivity (Wildman–Crippen MR) is 74.0 cm³/mol. The summed E-state index contributed by atoms with van der Waals surface area (Å²) < 4.78 is 0. The fourth-order valence-corrected chi connectivity index (χ4v) is 2.74. The lowest BCUT2D eigenvalue weighted by molar-refractivity contribution is 0.351. The average Bonchev–Trinajstić information content (AvgIpc) is 2.52. The molecule has 18 heavy (non-hydrogen) atoms. The third-order valence-electron chi connectivity index (χ3n) is 3.89. The molecule has 4 heteroatoms. The van der Waals surface area contributed by atoms with E-state index in [1.807, 2.05) is 6.92 Å². The second-order valence-electron chi connectivity index (χ2n) is 5.61. The van der Waals surface area contributed by atoms with Gasteiger partial charge in [-0.05, 0) is 38.0 Å². The van der Waals surface area contributed by atoms with Crippen LogP contribution in [0.1, 0.15) is 38.9 Å². The van der Waals surface area contributed by atoms with E-state index < -0.39 is 0 Å². The summed E-state index contributed by atoms with van der Waals surface area (Å²) >= 11 is 0. The molecule has 1 aliphatic rings. The van der Waals surface area contributed by atoms with E-state index in [9.17, 15) is 4.79 Å². The molecule has 1 unspecified atom stereocenters. The Kier molecular flexibility index (Phi) is 4.04. The summed E-state index contributed by atoms with van der Waals surface area (Å²) in [6.07, 6.45) is 3.68. The van der Waals surface area contributed by atoms with Crippen LogP contribution in [0.15, 0.2) is 10.9 Å². The van der Waals surface area contributed by atoms with Crippen molar-refractivity contribution in [2.75, 3.05) is 18.0 Å². The minimum Gasteiger partial charge on any atom is -0.356 e. The number of hydrogen-bond acceptors (Lipinski definition) is 3. The van der Waals surface area contributed by atoms with E-state index in [2.05, 4.69) is 28.7 Å². The second kappa shape index (κ2) is 5.55. The number of aryl methyl sites for hydroxylation is 1. The first-order chi connectivity index (χ1) is 8.56. The maximum absolute atomic E-state index is 11.5. The Morgan fingerprint density at radius 2 is 2.17 bits per heavy atom. The summed E-state index contributed by atoms with van der Waals surface area (Å²) in [6, 6.07) is 1.61. The minimum atomic E-state index is -0.0536. The first kappa shape index (κ1) is 13.1. The van der Waals surface area contributed by atoms with Crippen LogP contribution in [-0.2, 0) is 0 Å². The van der Waals surface area contributed by atoms with Gasteiger partial charge in [0, 0.05) is 19.2 Å². The molecule has 100 valence electrons. The van der Waals surface area contributed by atoms with Crippen molar-refractivity contribution >= 4 is 5.82 Å². The van der Waals surface area contributed by atoms with Gasteiger partial charge in [0.15, 0.2) is 0 Å². The van der Waals surface area contributed by atoms with Gasteiger partial charge in [-0.3, -0.25) is 4.79 Å². The van der Waals surface area contributed by atoms with Gasteiger partial charge in [-0.1, -0.05) is 13.8 Å². The smallest absolute Gasteiger partial charge is 0.252 e. The Labute approximate surface area is 108 Å². The molecule has 1 aromatic heterocycles. The monoisotopic (exact) mass is 249 g/mol. The van der Waals surface area contributed by atoms with Crippen molar-refractivity contribution in [1.29, 1.82) is 0 Å². The zero-order valence-electron chi connectivity index (χ0n) is 11.6. The van der Waals surface area contributed by atoms with E-state index in [1.54, 1.807) is 6.07 Å². The van der Waals surface area contributed by atoms with Crippen LogP contribution in [0, 0.1) is 18.8 Å². The molecule has 4 nitrogen and oxygen atoms in total. The van der Waals surface area contributed by atoms with Gasteiger partial charge in [0.25, 0.3) is 5.56 Å². The zero-order valence-corrected chi connectivity index (χ0v) is 11.6. The molecule has 0 radical (unpaired) electrons. The lowest BCUT2D eigenvalue weighted by Crippen LogP contribution is -2.27. The van der Waals surface area contributed by atoms with Gasteiger partial charge in [-0.25, -0.2) is 4.98 Å². The van der Waals surface area contributed by atoms with Crippen LogP contribution >= 0.6 is 0 Å². The summed E-state index contributed by atoms with van der Waals surface area (Å²) in [5, 5.41) is 0. The molecular weight excluding hydrogens is 226 g/mol. The molecular formula is C14H23N3O. The third-order valence-corrected chi connectivity index (χ3v) is 3.89. The van der Waals surface area contributed by atoms with Gasteiger partial charge in [0.1, 0.15) is 11.6 Å². The molecule has 1 N–H and O–H groups in total. The third kappa shape index (κ3) is 3.12. The lowest BCUT2D eigenvalue weighted by Gasteiger charge is -2.22. The van der Waals surface area contributed by atoms with E-state index in [0.717, 1.165) is 30.7 Å². The summed E-state index contributed by atoms with van der Waals surface area (Å²) in [4.78, 5) is 20.9. The van der Waals surface area contributed by atoms with Gasteiger partial charge in [0.05, 0.1) is 0 Å². The molecule has 1 aliphatic heterocycles. The summed E-state index contributed by atoms with van der Waals surface area (Å²) in [6.45, 7) is 8.46. The number of aromatic nitrogens is 2. The quantitative estimate of drug-likeness (QED) is 0.875. The van der Waals surface area contributed by atoms with E-state index in [4.69, 9.17) is 0 Å². The molecule has 1 atom stereocenters. The normalized spacial score (nSPS) is 21.1. The highest BCUT2D eigenvalue weighted by Gasteiger charge is 2.20. The average molecular weight is 249 g/mol. The molecule has 0 spiro atoms. The molecule has 0 aromatic carbocycles. The Balaban J connectivity index is 2.12. The molecule has 0 aliphatic carbocycles. The highest BCUT2D eigenvalue weighted by atomic mass is 16.1.